The molecule has 1 heterocycles. The Hall–Kier alpha value is -1.98. The van der Waals surface area contributed by atoms with Crippen LogP contribution in [0, 0.1) is 5.82 Å². The number of aliphatic carboxylic acids is 1. The Labute approximate surface area is 102 Å². The van der Waals surface area contributed by atoms with Crippen LogP contribution in [-0.2, 0) is 10.2 Å². The van der Waals surface area contributed by atoms with Gasteiger partial charge in [-0.05, 0) is 18.9 Å². The number of carboxylic acid groups (broad SMARTS) is 1. The fraction of sp³-hybridized carbons (Fsp3) is 0.417. The van der Waals surface area contributed by atoms with E-state index in [1.165, 1.54) is 6.07 Å². The summed E-state index contributed by atoms with van der Waals surface area (Å²) in [5.41, 5.74) is -1.11. The zero-order chi connectivity index (χ0) is 12.9. The molecule has 18 heavy (non-hydrogen) atoms. The van der Waals surface area contributed by atoms with Crippen molar-refractivity contribution in [3.63, 3.8) is 0 Å². The van der Waals surface area contributed by atoms with Gasteiger partial charge in [-0.3, -0.25) is 4.79 Å². The van der Waals surface area contributed by atoms with Gasteiger partial charge in [0.05, 0.1) is 5.41 Å². The van der Waals surface area contributed by atoms with Crippen LogP contribution in [0.4, 0.5) is 4.39 Å². The third-order valence-electron chi connectivity index (χ3n) is 3.42. The monoisotopic (exact) mass is 254 g/mol. The molecule has 5 nitrogen and oxygen atoms in total. The molecule has 0 bridgehead atoms. The third kappa shape index (κ3) is 1.35. The molecule has 1 aliphatic carbocycles. The smallest absolute Gasteiger partial charge is 0.314 e. The van der Waals surface area contributed by atoms with Crippen LogP contribution in [0.2, 0.25) is 0 Å². The van der Waals surface area contributed by atoms with E-state index < -0.39 is 23.0 Å². The van der Waals surface area contributed by atoms with Crippen LogP contribution in [-0.4, -0.2) is 29.4 Å². The third-order valence-corrected chi connectivity index (χ3v) is 3.42. The van der Waals surface area contributed by atoms with Gasteiger partial charge in [0.25, 0.3) is 0 Å². The lowest BCUT2D eigenvalue weighted by atomic mass is 9.94. The second-order valence-electron chi connectivity index (χ2n) is 4.50. The second kappa shape index (κ2) is 3.51. The average Bonchev–Trinajstić information content (AvgIpc) is 3.15. The molecule has 1 aromatic rings. The van der Waals surface area contributed by atoms with Crippen LogP contribution in [0.5, 0.6) is 17.2 Å². The molecule has 3 rings (SSSR count). The number of phenolic OH excluding ortho intramolecular Hbond substituents is 1. The largest absolute Gasteiger partial charge is 0.504 e. The summed E-state index contributed by atoms with van der Waals surface area (Å²) in [5, 5.41) is 19.0. The van der Waals surface area contributed by atoms with E-state index in [0.29, 0.717) is 12.8 Å². The Bertz CT molecular complexity index is 536. The Morgan fingerprint density at radius 1 is 1.33 bits per heavy atom. The molecule has 0 radical (unpaired) electrons. The minimum Gasteiger partial charge on any atom is -0.504 e. The van der Waals surface area contributed by atoms with Crippen molar-refractivity contribution in [1.82, 2.24) is 0 Å². The van der Waals surface area contributed by atoms with Gasteiger partial charge < -0.3 is 19.7 Å². The maximum absolute atomic E-state index is 13.9. The molecule has 96 valence electrons. The normalized spacial score (nSPS) is 19.4. The molecule has 0 unspecified atom stereocenters. The van der Waals surface area contributed by atoms with Crippen LogP contribution < -0.4 is 9.47 Å². The molecule has 0 atom stereocenters. The van der Waals surface area contributed by atoms with E-state index >= 15 is 0 Å². The molecule has 0 aromatic heterocycles. The highest BCUT2D eigenvalue weighted by Gasteiger charge is 2.54. The second-order valence-corrected chi connectivity index (χ2v) is 4.50. The number of aromatic hydroxyl groups is 1. The molecule has 1 aliphatic heterocycles. The SMILES string of the molecule is O=C(O)C1(c2cc3c(c(F)c2O)OCCO3)CC1. The Morgan fingerprint density at radius 2 is 2.00 bits per heavy atom. The number of benzene rings is 1. The van der Waals surface area contributed by atoms with E-state index in [1.54, 1.807) is 0 Å². The highest BCUT2D eigenvalue weighted by molar-refractivity contribution is 5.86. The van der Waals surface area contributed by atoms with Gasteiger partial charge in [-0.25, -0.2) is 0 Å². The van der Waals surface area contributed by atoms with E-state index in [4.69, 9.17) is 9.47 Å². The molecule has 0 spiro atoms. The van der Waals surface area contributed by atoms with E-state index in [2.05, 4.69) is 0 Å². The van der Waals surface area contributed by atoms with Gasteiger partial charge in [0.15, 0.2) is 11.5 Å². The first kappa shape index (κ1) is 11.1. The molecule has 0 saturated heterocycles. The Morgan fingerprint density at radius 3 is 2.61 bits per heavy atom. The fourth-order valence-electron chi connectivity index (χ4n) is 2.22. The van der Waals surface area contributed by atoms with Crippen molar-refractivity contribution in [2.45, 2.75) is 18.3 Å². The number of rotatable bonds is 2. The molecule has 1 fully saturated rings. The van der Waals surface area contributed by atoms with E-state index in [-0.39, 0.29) is 30.3 Å². The number of hydrogen-bond acceptors (Lipinski definition) is 4. The standard InChI is InChI=1S/C12H11FO5/c13-8-9(14)6(12(1-2-12)11(15)16)5-7-10(8)18-4-3-17-7/h5,14H,1-4H2,(H,15,16). The summed E-state index contributed by atoms with van der Waals surface area (Å²) in [6, 6.07) is 1.37. The lowest BCUT2D eigenvalue weighted by Crippen LogP contribution is -2.22. The van der Waals surface area contributed by atoms with Crippen molar-refractivity contribution >= 4 is 5.97 Å². The van der Waals surface area contributed by atoms with Crippen LogP contribution in [0.25, 0.3) is 0 Å². The van der Waals surface area contributed by atoms with Gasteiger partial charge in [0, 0.05) is 5.56 Å². The molecule has 1 aromatic carbocycles. The van der Waals surface area contributed by atoms with Gasteiger partial charge in [-0.15, -0.1) is 0 Å². The van der Waals surface area contributed by atoms with Gasteiger partial charge in [0.2, 0.25) is 11.6 Å². The number of halogens is 1. The topological polar surface area (TPSA) is 76.0 Å². The van der Waals surface area contributed by atoms with E-state index in [9.17, 15) is 19.4 Å². The lowest BCUT2D eigenvalue weighted by molar-refractivity contribution is -0.140. The van der Waals surface area contributed by atoms with Gasteiger partial charge >= 0.3 is 5.97 Å². The first-order chi connectivity index (χ1) is 8.56. The maximum Gasteiger partial charge on any atom is 0.314 e. The molecule has 0 amide bonds. The van der Waals surface area contributed by atoms with Crippen molar-refractivity contribution in [3.05, 3.63) is 17.4 Å². The van der Waals surface area contributed by atoms with Crippen LogP contribution in [0.3, 0.4) is 0 Å². The zero-order valence-corrected chi connectivity index (χ0v) is 9.40. The number of hydrogen-bond donors (Lipinski definition) is 2. The number of phenols is 1. The first-order valence-corrected chi connectivity index (χ1v) is 5.61. The molecule has 6 heteroatoms. The summed E-state index contributed by atoms with van der Waals surface area (Å²) in [6.07, 6.45) is 0.768. The summed E-state index contributed by atoms with van der Waals surface area (Å²) in [4.78, 5) is 11.2. The molecule has 1 saturated carbocycles. The van der Waals surface area contributed by atoms with Gasteiger partial charge in [-0.2, -0.15) is 4.39 Å². The quantitative estimate of drug-likeness (QED) is 0.834. The van der Waals surface area contributed by atoms with Crippen LogP contribution >= 0.6 is 0 Å². The highest BCUT2D eigenvalue weighted by atomic mass is 19.1. The zero-order valence-electron chi connectivity index (χ0n) is 9.40. The lowest BCUT2D eigenvalue weighted by Gasteiger charge is -2.22. The van der Waals surface area contributed by atoms with Crippen LogP contribution in [0.15, 0.2) is 6.07 Å². The summed E-state index contributed by atoms with van der Waals surface area (Å²) >= 11 is 0. The Kier molecular flexibility index (Phi) is 2.17. The fourth-order valence-corrected chi connectivity index (χ4v) is 2.22. The van der Waals surface area contributed by atoms with E-state index in [0.717, 1.165) is 0 Å². The van der Waals surface area contributed by atoms with Crippen molar-refractivity contribution in [2.24, 2.45) is 0 Å². The van der Waals surface area contributed by atoms with Crippen LogP contribution in [0.1, 0.15) is 18.4 Å². The number of ether oxygens (including phenoxy) is 2. The molecular formula is C12H11FO5. The first-order valence-electron chi connectivity index (χ1n) is 5.61. The number of carboxylic acids is 1. The summed E-state index contributed by atoms with van der Waals surface area (Å²) < 4.78 is 24.2. The van der Waals surface area contributed by atoms with Crippen molar-refractivity contribution in [3.8, 4) is 17.2 Å². The minimum absolute atomic E-state index is 0.0664. The average molecular weight is 254 g/mol. The summed E-state index contributed by atoms with van der Waals surface area (Å²) in [5.74, 6) is -2.66. The minimum atomic E-state index is -1.18. The summed E-state index contributed by atoms with van der Waals surface area (Å²) in [6.45, 7) is 0.476. The highest BCUT2D eigenvalue weighted by Crippen LogP contribution is 2.54. The molecule has 2 aliphatic rings. The van der Waals surface area contributed by atoms with Gasteiger partial charge in [-0.1, -0.05) is 0 Å². The van der Waals surface area contributed by atoms with Crippen molar-refractivity contribution < 1.29 is 28.9 Å². The predicted octanol–water partition coefficient (Wildman–Crippen LogP) is 1.42. The predicted molar refractivity (Wildman–Crippen MR) is 57.6 cm³/mol. The Balaban J connectivity index is 2.17. The van der Waals surface area contributed by atoms with Gasteiger partial charge in [0.1, 0.15) is 13.2 Å². The van der Waals surface area contributed by atoms with Crippen molar-refractivity contribution in [1.29, 1.82) is 0 Å². The number of carbonyl (C=O) groups is 1. The number of fused-ring (bicyclic) bond motifs is 1. The van der Waals surface area contributed by atoms with Crippen molar-refractivity contribution in [2.75, 3.05) is 13.2 Å². The van der Waals surface area contributed by atoms with E-state index in [1.807, 2.05) is 0 Å². The molecular weight excluding hydrogens is 243 g/mol. The molecule has 2 N–H and O–H groups in total. The maximum atomic E-state index is 13.9. The summed E-state index contributed by atoms with van der Waals surface area (Å²) in [7, 11) is 0.